The molecule has 0 spiro atoms. The molecule has 0 aliphatic carbocycles. The van der Waals surface area contributed by atoms with Crippen LogP contribution < -0.4 is 0 Å². The zero-order valence-corrected chi connectivity index (χ0v) is 10.2. The van der Waals surface area contributed by atoms with Crippen molar-refractivity contribution in [2.45, 2.75) is 39.7 Å². The fourth-order valence-corrected chi connectivity index (χ4v) is 1.07. The van der Waals surface area contributed by atoms with Crippen LogP contribution in [0.25, 0.3) is 0 Å². The minimum Gasteiger partial charge on any atom is -0.297 e. The first-order chi connectivity index (χ1) is 7.37. The van der Waals surface area contributed by atoms with E-state index in [2.05, 4.69) is 0 Å². The third kappa shape index (κ3) is 4.94. The number of carbonyl (C=O) groups is 1. The largest absolute Gasteiger partial charge is 0.346 e. The van der Waals surface area contributed by atoms with Crippen molar-refractivity contribution < 1.29 is 14.6 Å². The van der Waals surface area contributed by atoms with Crippen LogP contribution in [0.1, 0.15) is 31.9 Å². The molecular formula is C13H18O3. The molecule has 3 heteroatoms. The quantitative estimate of drug-likeness (QED) is 0.582. The molecule has 1 aromatic carbocycles. The van der Waals surface area contributed by atoms with Gasteiger partial charge in [0.1, 0.15) is 5.60 Å². The molecule has 0 unspecified atom stereocenters. The predicted molar refractivity (Wildman–Crippen MR) is 61.8 cm³/mol. The molecule has 0 saturated carbocycles. The molecule has 0 fully saturated rings. The molecule has 1 rings (SSSR count). The predicted octanol–water partition coefficient (Wildman–Crippen LogP) is 2.81. The first-order valence-electron chi connectivity index (χ1n) is 5.31. The Kier molecular flexibility index (Phi) is 4.07. The van der Waals surface area contributed by atoms with Gasteiger partial charge in [-0.15, -0.1) is 0 Å². The Morgan fingerprint density at radius 3 is 2.25 bits per heavy atom. The van der Waals surface area contributed by atoms with Gasteiger partial charge in [-0.3, -0.25) is 4.89 Å². The summed E-state index contributed by atoms with van der Waals surface area (Å²) in [6, 6.07) is 7.75. The topological polar surface area (TPSA) is 35.5 Å². The molecule has 0 aliphatic heterocycles. The van der Waals surface area contributed by atoms with Gasteiger partial charge in [-0.2, -0.15) is 4.89 Å². The van der Waals surface area contributed by atoms with Crippen LogP contribution in [0.15, 0.2) is 24.3 Å². The lowest BCUT2D eigenvalue weighted by Gasteiger charge is -2.16. The van der Waals surface area contributed by atoms with E-state index in [0.717, 1.165) is 5.56 Å². The number of aryl methyl sites for hydroxylation is 1. The van der Waals surface area contributed by atoms with E-state index in [9.17, 15) is 4.79 Å². The maximum Gasteiger partial charge on any atom is 0.346 e. The van der Waals surface area contributed by atoms with Crippen molar-refractivity contribution in [3.63, 3.8) is 0 Å². The zero-order valence-electron chi connectivity index (χ0n) is 10.2. The zero-order chi connectivity index (χ0) is 12.2. The van der Waals surface area contributed by atoms with Crippen molar-refractivity contribution in [1.29, 1.82) is 0 Å². The highest BCUT2D eigenvalue weighted by Gasteiger charge is 2.15. The first kappa shape index (κ1) is 12.7. The summed E-state index contributed by atoms with van der Waals surface area (Å²) < 4.78 is 0. The van der Waals surface area contributed by atoms with Gasteiger partial charge in [-0.1, -0.05) is 29.8 Å². The van der Waals surface area contributed by atoms with Crippen molar-refractivity contribution in [2.24, 2.45) is 0 Å². The van der Waals surface area contributed by atoms with E-state index in [1.807, 2.05) is 52.0 Å². The number of carbonyl (C=O) groups excluding carboxylic acids is 1. The second-order valence-corrected chi connectivity index (χ2v) is 4.81. The van der Waals surface area contributed by atoms with Gasteiger partial charge < -0.3 is 0 Å². The van der Waals surface area contributed by atoms with Gasteiger partial charge >= 0.3 is 5.97 Å². The Labute approximate surface area is 96.3 Å². The lowest BCUT2D eigenvalue weighted by atomic mass is 10.1. The van der Waals surface area contributed by atoms with E-state index in [1.54, 1.807) is 0 Å². The Balaban J connectivity index is 2.43. The summed E-state index contributed by atoms with van der Waals surface area (Å²) in [6.07, 6.45) is 0.232. The molecule has 0 bridgehead atoms. The first-order valence-corrected chi connectivity index (χ1v) is 5.31. The van der Waals surface area contributed by atoms with Crippen molar-refractivity contribution >= 4 is 5.97 Å². The second-order valence-electron chi connectivity index (χ2n) is 4.81. The fraction of sp³-hybridized carbons (Fsp3) is 0.462. The highest BCUT2D eigenvalue weighted by molar-refractivity contribution is 5.71. The summed E-state index contributed by atoms with van der Waals surface area (Å²) in [5.74, 6) is -0.376. The second kappa shape index (κ2) is 5.12. The molecule has 0 aliphatic rings. The third-order valence-corrected chi connectivity index (χ3v) is 1.85. The van der Waals surface area contributed by atoms with Gasteiger partial charge in [0.25, 0.3) is 0 Å². The van der Waals surface area contributed by atoms with Gasteiger partial charge in [0.15, 0.2) is 0 Å². The Bertz CT molecular complexity index is 346. The van der Waals surface area contributed by atoms with Crippen molar-refractivity contribution in [2.75, 3.05) is 0 Å². The molecule has 88 valence electrons. The van der Waals surface area contributed by atoms with E-state index >= 15 is 0 Å². The van der Waals surface area contributed by atoms with Crippen LogP contribution in [0.4, 0.5) is 0 Å². The van der Waals surface area contributed by atoms with Crippen molar-refractivity contribution in [1.82, 2.24) is 0 Å². The molecular weight excluding hydrogens is 204 g/mol. The van der Waals surface area contributed by atoms with Crippen LogP contribution in [0.5, 0.6) is 0 Å². The minimum absolute atomic E-state index is 0.232. The molecule has 0 heterocycles. The third-order valence-electron chi connectivity index (χ3n) is 1.85. The summed E-state index contributed by atoms with van der Waals surface area (Å²) in [7, 11) is 0. The maximum atomic E-state index is 11.4. The Morgan fingerprint density at radius 1 is 1.19 bits per heavy atom. The summed E-state index contributed by atoms with van der Waals surface area (Å²) in [5.41, 5.74) is 1.62. The van der Waals surface area contributed by atoms with E-state index in [0.29, 0.717) is 0 Å². The van der Waals surface area contributed by atoms with Crippen molar-refractivity contribution in [3.8, 4) is 0 Å². The van der Waals surface area contributed by atoms with Gasteiger partial charge in [-0.05, 0) is 33.3 Å². The molecule has 16 heavy (non-hydrogen) atoms. The number of rotatable bonds is 3. The molecule has 3 nitrogen and oxygen atoms in total. The smallest absolute Gasteiger partial charge is 0.297 e. The van der Waals surface area contributed by atoms with Crippen LogP contribution in [0.2, 0.25) is 0 Å². The molecule has 0 aromatic heterocycles. The molecule has 0 N–H and O–H groups in total. The maximum absolute atomic E-state index is 11.4. The minimum atomic E-state index is -0.469. The lowest BCUT2D eigenvalue weighted by molar-refractivity contribution is -0.320. The molecule has 0 saturated heterocycles. The van der Waals surface area contributed by atoms with E-state index in [4.69, 9.17) is 9.78 Å². The normalized spacial score (nSPS) is 11.2. The highest BCUT2D eigenvalue weighted by Crippen LogP contribution is 2.09. The standard InChI is InChI=1S/C13H18O3/c1-10-5-7-11(8-6-10)9-12(14)15-16-13(2,3)4/h5-8H,9H2,1-4H3. The molecule has 0 atom stereocenters. The van der Waals surface area contributed by atoms with Crippen LogP contribution in [-0.4, -0.2) is 11.6 Å². The fourth-order valence-electron chi connectivity index (χ4n) is 1.07. The van der Waals surface area contributed by atoms with Gasteiger partial charge in [-0.25, -0.2) is 4.79 Å². The number of hydrogen-bond acceptors (Lipinski definition) is 3. The summed E-state index contributed by atoms with van der Waals surface area (Å²) in [6.45, 7) is 7.48. The van der Waals surface area contributed by atoms with Crippen LogP contribution in [0.3, 0.4) is 0 Å². The summed E-state index contributed by atoms with van der Waals surface area (Å²) >= 11 is 0. The summed E-state index contributed by atoms with van der Waals surface area (Å²) in [5, 5.41) is 0. The monoisotopic (exact) mass is 222 g/mol. The molecule has 0 radical (unpaired) electrons. The molecule has 1 aromatic rings. The SMILES string of the molecule is Cc1ccc(CC(=O)OOC(C)(C)C)cc1. The van der Waals surface area contributed by atoms with Gasteiger partial charge in [0.05, 0.1) is 6.42 Å². The van der Waals surface area contributed by atoms with Crippen LogP contribution in [0, 0.1) is 6.92 Å². The van der Waals surface area contributed by atoms with E-state index in [-0.39, 0.29) is 12.4 Å². The van der Waals surface area contributed by atoms with Crippen LogP contribution in [-0.2, 0) is 21.0 Å². The Morgan fingerprint density at radius 2 is 1.75 bits per heavy atom. The molecule has 0 amide bonds. The van der Waals surface area contributed by atoms with Gasteiger partial charge in [0, 0.05) is 0 Å². The number of benzene rings is 1. The van der Waals surface area contributed by atoms with Crippen LogP contribution >= 0.6 is 0 Å². The van der Waals surface area contributed by atoms with E-state index in [1.165, 1.54) is 5.56 Å². The van der Waals surface area contributed by atoms with E-state index < -0.39 is 5.60 Å². The van der Waals surface area contributed by atoms with Gasteiger partial charge in [0.2, 0.25) is 0 Å². The average Bonchev–Trinajstić information content (AvgIpc) is 2.18. The van der Waals surface area contributed by atoms with Crippen molar-refractivity contribution in [3.05, 3.63) is 35.4 Å². The average molecular weight is 222 g/mol. The summed E-state index contributed by atoms with van der Waals surface area (Å²) in [4.78, 5) is 21.0. The highest BCUT2D eigenvalue weighted by atomic mass is 17.2. The number of hydrogen-bond donors (Lipinski definition) is 0. The Hall–Kier alpha value is -1.35. The lowest BCUT2D eigenvalue weighted by Crippen LogP contribution is -2.22.